The Morgan fingerprint density at radius 1 is 1.30 bits per heavy atom. The molecule has 0 radical (unpaired) electrons. The first-order valence-corrected chi connectivity index (χ1v) is 7.51. The molecule has 0 aliphatic carbocycles. The molecular formula is C16H22N2O2. The lowest BCUT2D eigenvalue weighted by Gasteiger charge is -2.27. The molecule has 0 bridgehead atoms. The number of rotatable bonds is 3. The van der Waals surface area contributed by atoms with Crippen molar-refractivity contribution in [3.05, 3.63) is 35.4 Å². The van der Waals surface area contributed by atoms with Crippen LogP contribution in [0, 0.1) is 5.92 Å². The molecule has 2 heterocycles. The Morgan fingerprint density at radius 3 is 2.95 bits per heavy atom. The Labute approximate surface area is 119 Å². The van der Waals surface area contributed by atoms with Crippen LogP contribution < -0.4 is 10.6 Å². The summed E-state index contributed by atoms with van der Waals surface area (Å²) in [6, 6.07) is 8.03. The van der Waals surface area contributed by atoms with Crippen LogP contribution >= 0.6 is 0 Å². The van der Waals surface area contributed by atoms with Gasteiger partial charge < -0.3 is 15.4 Å². The van der Waals surface area contributed by atoms with Gasteiger partial charge in [-0.05, 0) is 36.3 Å². The van der Waals surface area contributed by atoms with Crippen LogP contribution in [0.1, 0.15) is 30.0 Å². The van der Waals surface area contributed by atoms with E-state index in [1.165, 1.54) is 5.56 Å². The van der Waals surface area contributed by atoms with Gasteiger partial charge in [-0.2, -0.15) is 0 Å². The van der Waals surface area contributed by atoms with Crippen LogP contribution in [-0.2, 0) is 16.0 Å². The summed E-state index contributed by atoms with van der Waals surface area (Å²) in [5.74, 6) is 0.662. The zero-order valence-electron chi connectivity index (χ0n) is 11.7. The van der Waals surface area contributed by atoms with Crippen molar-refractivity contribution in [1.82, 2.24) is 10.6 Å². The predicted octanol–water partition coefficient (Wildman–Crippen LogP) is 1.42. The summed E-state index contributed by atoms with van der Waals surface area (Å²) in [7, 11) is 0. The van der Waals surface area contributed by atoms with E-state index in [0.717, 1.165) is 51.1 Å². The highest BCUT2D eigenvalue weighted by molar-refractivity contribution is 5.83. The molecule has 4 nitrogen and oxygen atoms in total. The fourth-order valence-corrected chi connectivity index (χ4v) is 3.04. The number of carbonyl (C=O) groups excluding carboxylic acids is 1. The van der Waals surface area contributed by atoms with Crippen LogP contribution in [0.4, 0.5) is 0 Å². The molecule has 0 saturated carbocycles. The lowest BCUT2D eigenvalue weighted by atomic mass is 9.93. The van der Waals surface area contributed by atoms with E-state index >= 15 is 0 Å². The van der Waals surface area contributed by atoms with Gasteiger partial charge in [0.25, 0.3) is 0 Å². The van der Waals surface area contributed by atoms with Crippen molar-refractivity contribution in [1.29, 1.82) is 0 Å². The summed E-state index contributed by atoms with van der Waals surface area (Å²) in [5.41, 5.74) is 2.42. The van der Waals surface area contributed by atoms with Gasteiger partial charge in [-0.3, -0.25) is 4.79 Å². The van der Waals surface area contributed by atoms with E-state index in [0.29, 0.717) is 5.92 Å². The van der Waals surface area contributed by atoms with Gasteiger partial charge in [0.05, 0.1) is 0 Å². The van der Waals surface area contributed by atoms with Gasteiger partial charge in [-0.25, -0.2) is 0 Å². The Balaban J connectivity index is 1.60. The molecule has 1 aromatic rings. The van der Waals surface area contributed by atoms with Crippen LogP contribution in [-0.4, -0.2) is 32.2 Å². The Bertz CT molecular complexity index is 469. The number of hydrogen-bond donors (Lipinski definition) is 2. The minimum absolute atomic E-state index is 0.101. The predicted molar refractivity (Wildman–Crippen MR) is 77.4 cm³/mol. The smallest absolute Gasteiger partial charge is 0.241 e. The molecule has 2 aliphatic heterocycles. The topological polar surface area (TPSA) is 50.4 Å². The van der Waals surface area contributed by atoms with Crippen LogP contribution in [0.25, 0.3) is 0 Å². The Hall–Kier alpha value is -1.39. The normalized spacial score (nSPS) is 23.1. The molecule has 0 spiro atoms. The molecule has 0 aromatic heterocycles. The Morgan fingerprint density at radius 2 is 2.10 bits per heavy atom. The van der Waals surface area contributed by atoms with Crippen LogP contribution in [0.2, 0.25) is 0 Å². The van der Waals surface area contributed by atoms with Crippen molar-refractivity contribution in [3.8, 4) is 0 Å². The molecule has 2 aliphatic rings. The maximum Gasteiger partial charge on any atom is 0.241 e. The van der Waals surface area contributed by atoms with Crippen molar-refractivity contribution in [3.63, 3.8) is 0 Å². The molecule has 1 amide bonds. The highest BCUT2D eigenvalue weighted by Gasteiger charge is 2.26. The third kappa shape index (κ3) is 3.02. The molecule has 1 fully saturated rings. The first-order chi connectivity index (χ1) is 9.84. The average Bonchev–Trinajstić information content (AvgIpc) is 2.53. The molecule has 1 unspecified atom stereocenters. The largest absolute Gasteiger partial charge is 0.381 e. The number of ether oxygens (including phenoxy) is 1. The molecule has 108 valence electrons. The number of carbonyl (C=O) groups is 1. The summed E-state index contributed by atoms with van der Waals surface area (Å²) < 4.78 is 5.34. The first kappa shape index (κ1) is 13.6. The van der Waals surface area contributed by atoms with E-state index in [-0.39, 0.29) is 11.9 Å². The van der Waals surface area contributed by atoms with Crippen molar-refractivity contribution < 1.29 is 9.53 Å². The van der Waals surface area contributed by atoms with E-state index < -0.39 is 0 Å². The molecule has 20 heavy (non-hydrogen) atoms. The first-order valence-electron chi connectivity index (χ1n) is 7.51. The molecule has 1 aromatic carbocycles. The van der Waals surface area contributed by atoms with Gasteiger partial charge in [0.2, 0.25) is 5.91 Å². The zero-order valence-corrected chi connectivity index (χ0v) is 11.7. The van der Waals surface area contributed by atoms with Gasteiger partial charge in [0.15, 0.2) is 0 Å². The summed E-state index contributed by atoms with van der Waals surface area (Å²) in [4.78, 5) is 12.4. The second kappa shape index (κ2) is 6.37. The van der Waals surface area contributed by atoms with Gasteiger partial charge in [0, 0.05) is 26.3 Å². The summed E-state index contributed by atoms with van der Waals surface area (Å²) in [6.45, 7) is 3.28. The summed E-state index contributed by atoms with van der Waals surface area (Å²) >= 11 is 0. The summed E-state index contributed by atoms with van der Waals surface area (Å²) in [5, 5.41) is 6.43. The SMILES string of the molecule is O=C(NCC1CCOCC1)C1NCCc2ccccc21. The standard InChI is InChI=1S/C16H22N2O2/c19-16(18-11-12-6-9-20-10-7-12)15-14-4-2-1-3-13(14)5-8-17-15/h1-4,12,15,17H,5-11H2,(H,18,19). The van der Waals surface area contributed by atoms with Crippen LogP contribution in [0.3, 0.4) is 0 Å². The van der Waals surface area contributed by atoms with Crippen LogP contribution in [0.15, 0.2) is 24.3 Å². The molecule has 1 atom stereocenters. The van der Waals surface area contributed by atoms with E-state index in [2.05, 4.69) is 22.8 Å². The minimum Gasteiger partial charge on any atom is -0.381 e. The van der Waals surface area contributed by atoms with Crippen molar-refractivity contribution in [2.75, 3.05) is 26.3 Å². The van der Waals surface area contributed by atoms with Crippen molar-refractivity contribution >= 4 is 5.91 Å². The molecule has 3 rings (SSSR count). The molecule has 2 N–H and O–H groups in total. The molecule has 1 saturated heterocycles. The minimum atomic E-state index is -0.195. The van der Waals surface area contributed by atoms with E-state index in [1.54, 1.807) is 0 Å². The monoisotopic (exact) mass is 274 g/mol. The van der Waals surface area contributed by atoms with E-state index in [9.17, 15) is 4.79 Å². The summed E-state index contributed by atoms with van der Waals surface area (Å²) in [6.07, 6.45) is 3.10. The molecule has 4 heteroatoms. The molecular weight excluding hydrogens is 252 g/mol. The lowest BCUT2D eigenvalue weighted by Crippen LogP contribution is -2.43. The van der Waals surface area contributed by atoms with E-state index in [4.69, 9.17) is 4.74 Å². The van der Waals surface area contributed by atoms with Crippen molar-refractivity contribution in [2.24, 2.45) is 5.92 Å². The highest BCUT2D eigenvalue weighted by atomic mass is 16.5. The van der Waals surface area contributed by atoms with Gasteiger partial charge >= 0.3 is 0 Å². The number of nitrogens with one attached hydrogen (secondary N) is 2. The lowest BCUT2D eigenvalue weighted by molar-refractivity contribution is -0.123. The van der Waals surface area contributed by atoms with E-state index in [1.807, 2.05) is 12.1 Å². The van der Waals surface area contributed by atoms with Crippen molar-refractivity contribution in [2.45, 2.75) is 25.3 Å². The number of hydrogen-bond acceptors (Lipinski definition) is 3. The number of fused-ring (bicyclic) bond motifs is 1. The van der Waals surface area contributed by atoms with Gasteiger partial charge in [-0.15, -0.1) is 0 Å². The maximum absolute atomic E-state index is 12.4. The second-order valence-corrected chi connectivity index (χ2v) is 5.64. The third-order valence-electron chi connectivity index (χ3n) is 4.28. The second-order valence-electron chi connectivity index (χ2n) is 5.64. The highest BCUT2D eigenvalue weighted by Crippen LogP contribution is 2.23. The zero-order chi connectivity index (χ0) is 13.8. The number of amides is 1. The number of benzene rings is 1. The average molecular weight is 274 g/mol. The third-order valence-corrected chi connectivity index (χ3v) is 4.28. The van der Waals surface area contributed by atoms with Gasteiger partial charge in [-0.1, -0.05) is 24.3 Å². The Kier molecular flexibility index (Phi) is 4.33. The fraction of sp³-hybridized carbons (Fsp3) is 0.562. The maximum atomic E-state index is 12.4. The quantitative estimate of drug-likeness (QED) is 0.876. The van der Waals surface area contributed by atoms with Crippen LogP contribution in [0.5, 0.6) is 0 Å². The fourth-order valence-electron chi connectivity index (χ4n) is 3.04. The van der Waals surface area contributed by atoms with Gasteiger partial charge in [0.1, 0.15) is 6.04 Å².